The molecule has 0 atom stereocenters. The van der Waals surface area contributed by atoms with Crippen molar-refractivity contribution < 1.29 is 8.91 Å². The lowest BCUT2D eigenvalue weighted by molar-refractivity contribution is 0.220. The van der Waals surface area contributed by atoms with Gasteiger partial charge in [0.2, 0.25) is 12.2 Å². The van der Waals surface area contributed by atoms with Crippen molar-refractivity contribution >= 4 is 22.2 Å². The van der Waals surface area contributed by atoms with Crippen molar-refractivity contribution in [3.8, 4) is 11.4 Å². The minimum absolute atomic E-state index is 0.341. The van der Waals surface area contributed by atoms with E-state index in [9.17, 15) is 4.39 Å². The van der Waals surface area contributed by atoms with Crippen molar-refractivity contribution in [2.45, 2.75) is 0 Å². The lowest BCUT2D eigenvalue weighted by Crippen LogP contribution is -2.44. The minimum Gasteiger partial charge on any atom is -0.368 e. The lowest BCUT2D eigenvalue weighted by atomic mass is 10.0. The molecule has 0 saturated carbocycles. The molecule has 0 bridgehead atoms. The lowest BCUT2D eigenvalue weighted by Gasteiger charge is -2.39. The predicted molar refractivity (Wildman–Crippen MR) is 128 cm³/mol. The van der Waals surface area contributed by atoms with Crippen LogP contribution in [-0.4, -0.2) is 51.1 Å². The second-order valence-electron chi connectivity index (χ2n) is 8.01. The van der Waals surface area contributed by atoms with Gasteiger partial charge >= 0.3 is 0 Å². The number of benzene rings is 2. The van der Waals surface area contributed by atoms with Gasteiger partial charge in [0, 0.05) is 60.3 Å². The van der Waals surface area contributed by atoms with Crippen molar-refractivity contribution in [2.24, 2.45) is 0 Å². The number of halogens is 1. The van der Waals surface area contributed by atoms with Crippen LogP contribution < -0.4 is 0 Å². The van der Waals surface area contributed by atoms with Gasteiger partial charge < -0.3 is 19.3 Å². The molecule has 4 aromatic rings. The molecule has 2 aromatic heterocycles. The Kier molecular flexibility index (Phi) is 5.30. The first-order valence-corrected chi connectivity index (χ1v) is 10.7. The summed E-state index contributed by atoms with van der Waals surface area (Å²) in [6.07, 6.45) is 3.01. The van der Waals surface area contributed by atoms with Gasteiger partial charge in [0.25, 0.3) is 0 Å². The highest BCUT2D eigenvalue weighted by Gasteiger charge is 2.23. The Morgan fingerprint density at radius 1 is 0.970 bits per heavy atom. The van der Waals surface area contributed by atoms with Crippen LogP contribution in [0.5, 0.6) is 0 Å². The molecular weight excluding hydrogens is 417 g/mol. The van der Waals surface area contributed by atoms with Gasteiger partial charge in [-0.1, -0.05) is 55.2 Å². The summed E-state index contributed by atoms with van der Waals surface area (Å²) in [5.74, 6) is 0.0547. The first-order valence-electron chi connectivity index (χ1n) is 10.7. The third-order valence-corrected chi connectivity index (χ3v) is 6.21. The van der Waals surface area contributed by atoms with E-state index in [1.54, 1.807) is 12.3 Å². The fourth-order valence-corrected chi connectivity index (χ4v) is 4.33. The Morgan fingerprint density at radius 3 is 2.39 bits per heavy atom. The van der Waals surface area contributed by atoms with E-state index < -0.39 is 0 Å². The predicted octanol–water partition coefficient (Wildman–Crippen LogP) is 5.17. The van der Waals surface area contributed by atoms with E-state index in [0.29, 0.717) is 33.4 Å². The van der Waals surface area contributed by atoms with Crippen LogP contribution in [0.4, 0.5) is 4.39 Å². The molecule has 1 N–H and O–H groups in total. The summed E-state index contributed by atoms with van der Waals surface area (Å²) in [4.78, 5) is 11.7. The van der Waals surface area contributed by atoms with Crippen molar-refractivity contribution in [2.75, 3.05) is 26.2 Å². The number of piperazine rings is 1. The number of allylic oxidation sites excluding steroid dienone is 1. The Hall–Kier alpha value is -4.13. The van der Waals surface area contributed by atoms with Crippen LogP contribution in [0, 0.1) is 5.82 Å². The van der Waals surface area contributed by atoms with Gasteiger partial charge in [-0.3, -0.25) is 0 Å². The van der Waals surface area contributed by atoms with E-state index in [0.717, 1.165) is 43.1 Å². The SMILES string of the molecule is C=C(C(=C)N1CCN(C(=C)c2ccccc2)CC1)c1c[nH]c2c(-c3ncon3)ccc(F)c12. The second kappa shape index (κ2) is 8.43. The molecule has 7 heteroatoms. The van der Waals surface area contributed by atoms with E-state index in [-0.39, 0.29) is 5.82 Å². The molecule has 33 heavy (non-hydrogen) atoms. The van der Waals surface area contributed by atoms with Crippen LogP contribution in [-0.2, 0) is 0 Å². The van der Waals surface area contributed by atoms with Gasteiger partial charge in [-0.25, -0.2) is 4.39 Å². The van der Waals surface area contributed by atoms with Gasteiger partial charge in [-0.05, 0) is 23.3 Å². The fraction of sp³-hybridized carbons (Fsp3) is 0.154. The zero-order valence-corrected chi connectivity index (χ0v) is 18.2. The van der Waals surface area contributed by atoms with Gasteiger partial charge in [0.05, 0.1) is 5.52 Å². The molecule has 6 nitrogen and oxygen atoms in total. The molecule has 0 radical (unpaired) electrons. The summed E-state index contributed by atoms with van der Waals surface area (Å²) in [7, 11) is 0. The highest BCUT2D eigenvalue weighted by Crippen LogP contribution is 2.35. The summed E-state index contributed by atoms with van der Waals surface area (Å²) in [6.45, 7) is 16.0. The molecule has 0 amide bonds. The highest BCUT2D eigenvalue weighted by atomic mass is 19.1. The molecule has 0 aliphatic carbocycles. The van der Waals surface area contributed by atoms with Gasteiger partial charge in [-0.15, -0.1) is 0 Å². The summed E-state index contributed by atoms with van der Waals surface area (Å²) in [5, 5.41) is 4.33. The Labute approximate surface area is 191 Å². The Bertz CT molecular complexity index is 1330. The summed E-state index contributed by atoms with van der Waals surface area (Å²) in [6, 6.07) is 13.2. The van der Waals surface area contributed by atoms with Crippen LogP contribution >= 0.6 is 0 Å². The average molecular weight is 442 g/mol. The maximum Gasteiger partial charge on any atom is 0.214 e. The van der Waals surface area contributed by atoms with Gasteiger partial charge in [-0.2, -0.15) is 4.98 Å². The number of fused-ring (bicyclic) bond motifs is 1. The number of aromatic amines is 1. The van der Waals surface area contributed by atoms with E-state index in [2.05, 4.69) is 56.8 Å². The molecule has 0 unspecified atom stereocenters. The largest absolute Gasteiger partial charge is 0.368 e. The van der Waals surface area contributed by atoms with Crippen LogP contribution in [0.2, 0.25) is 0 Å². The maximum absolute atomic E-state index is 14.9. The number of hydrogen-bond donors (Lipinski definition) is 1. The van der Waals surface area contributed by atoms with Crippen molar-refractivity contribution in [3.63, 3.8) is 0 Å². The zero-order valence-electron chi connectivity index (χ0n) is 18.2. The standard InChI is InChI=1S/C26H24FN5O/c1-17(18(2)31-11-13-32(14-12-31)19(3)20-7-5-4-6-8-20)22-15-28-25-21(26-29-16-33-30-26)9-10-23(27)24(22)25/h4-10,15-16,28H,1-3,11-14H2. The Morgan fingerprint density at radius 2 is 1.70 bits per heavy atom. The van der Waals surface area contributed by atoms with E-state index in [1.165, 1.54) is 12.5 Å². The third-order valence-electron chi connectivity index (χ3n) is 6.21. The molecule has 0 spiro atoms. The first-order chi connectivity index (χ1) is 16.0. The van der Waals surface area contributed by atoms with Crippen molar-refractivity contribution in [3.05, 3.63) is 97.4 Å². The quantitative estimate of drug-likeness (QED) is 0.418. The number of H-pyrrole nitrogens is 1. The van der Waals surface area contributed by atoms with Crippen LogP contribution in [0.25, 0.3) is 33.6 Å². The number of rotatable bonds is 6. The first kappa shape index (κ1) is 20.8. The Balaban J connectivity index is 1.34. The summed E-state index contributed by atoms with van der Waals surface area (Å²) < 4.78 is 19.7. The van der Waals surface area contributed by atoms with Crippen molar-refractivity contribution in [1.82, 2.24) is 24.9 Å². The van der Waals surface area contributed by atoms with Crippen LogP contribution in [0.3, 0.4) is 0 Å². The minimum atomic E-state index is -0.341. The molecule has 1 aliphatic rings. The molecule has 5 rings (SSSR count). The van der Waals surface area contributed by atoms with Crippen LogP contribution in [0.1, 0.15) is 11.1 Å². The number of nitrogens with one attached hydrogen (secondary N) is 1. The normalized spacial score (nSPS) is 14.0. The monoisotopic (exact) mass is 441 g/mol. The summed E-state index contributed by atoms with van der Waals surface area (Å²) >= 11 is 0. The molecular formula is C26H24FN5O. The highest BCUT2D eigenvalue weighted by molar-refractivity contribution is 6.01. The number of nitrogens with zero attached hydrogens (tertiary/aromatic N) is 4. The molecule has 1 fully saturated rings. The topological polar surface area (TPSA) is 61.2 Å². The third kappa shape index (κ3) is 3.71. The fourth-order valence-electron chi connectivity index (χ4n) is 4.33. The molecule has 3 heterocycles. The molecule has 2 aromatic carbocycles. The van der Waals surface area contributed by atoms with Gasteiger partial charge in [0.15, 0.2) is 0 Å². The van der Waals surface area contributed by atoms with Crippen molar-refractivity contribution in [1.29, 1.82) is 0 Å². The van der Waals surface area contributed by atoms with Crippen LogP contribution in [0.15, 0.2) is 85.0 Å². The van der Waals surface area contributed by atoms with E-state index in [4.69, 9.17) is 4.52 Å². The molecule has 1 aliphatic heterocycles. The average Bonchev–Trinajstić information content (AvgIpc) is 3.55. The van der Waals surface area contributed by atoms with Gasteiger partial charge in [0.1, 0.15) is 5.82 Å². The molecule has 1 saturated heterocycles. The number of aromatic nitrogens is 3. The smallest absolute Gasteiger partial charge is 0.214 e. The second-order valence-corrected chi connectivity index (χ2v) is 8.01. The zero-order chi connectivity index (χ0) is 22.9. The molecule has 166 valence electrons. The van der Waals surface area contributed by atoms with E-state index >= 15 is 0 Å². The maximum atomic E-state index is 14.9. The van der Waals surface area contributed by atoms with E-state index in [1.807, 2.05) is 18.2 Å². The number of hydrogen-bond acceptors (Lipinski definition) is 5. The summed E-state index contributed by atoms with van der Waals surface area (Å²) in [5.41, 5.74) is 5.55.